The minimum absolute atomic E-state index is 0.0892. The van der Waals surface area contributed by atoms with Crippen molar-refractivity contribution < 1.29 is 28.8 Å². The van der Waals surface area contributed by atoms with E-state index in [0.29, 0.717) is 6.61 Å². The van der Waals surface area contributed by atoms with E-state index in [4.69, 9.17) is 23.7 Å². The summed E-state index contributed by atoms with van der Waals surface area (Å²) in [5.41, 5.74) is 0. The predicted molar refractivity (Wildman–Crippen MR) is 64.5 cm³/mol. The Balaban J connectivity index is 1.76. The minimum atomic E-state index is -0.653. The quantitative estimate of drug-likeness (QED) is 0.787. The molecular weight excluding hydrogens is 252 g/mol. The van der Waals surface area contributed by atoms with E-state index in [0.717, 1.165) is 0 Å². The van der Waals surface area contributed by atoms with Crippen molar-refractivity contribution >= 4 is 0 Å². The molecule has 0 aromatic heterocycles. The molecule has 3 aliphatic heterocycles. The van der Waals surface area contributed by atoms with Gasteiger partial charge in [-0.15, -0.1) is 0 Å². The molecule has 3 heterocycles. The third-order valence-corrected chi connectivity index (χ3v) is 3.76. The van der Waals surface area contributed by atoms with Gasteiger partial charge in [0.2, 0.25) is 0 Å². The largest absolute Gasteiger partial charge is 0.394 e. The molecule has 0 aliphatic carbocycles. The van der Waals surface area contributed by atoms with E-state index in [1.54, 1.807) is 0 Å². The fourth-order valence-corrected chi connectivity index (χ4v) is 3.04. The SMILES string of the molecule is CC1(C)O[C@@H]2[C@H](O1)[C@H](CO)O[C@@H]2[C@H]1COC(C)(C)O1. The highest BCUT2D eigenvalue weighted by Crippen LogP contribution is 2.41. The maximum absolute atomic E-state index is 9.41. The first kappa shape index (κ1) is 13.7. The number of hydrogen-bond donors (Lipinski definition) is 1. The van der Waals surface area contributed by atoms with E-state index in [1.807, 2.05) is 27.7 Å². The van der Waals surface area contributed by atoms with Crippen molar-refractivity contribution in [2.24, 2.45) is 0 Å². The third-order valence-electron chi connectivity index (χ3n) is 3.76. The van der Waals surface area contributed by atoms with Crippen LogP contribution in [-0.2, 0) is 23.7 Å². The van der Waals surface area contributed by atoms with E-state index >= 15 is 0 Å². The van der Waals surface area contributed by atoms with Crippen LogP contribution in [0.15, 0.2) is 0 Å². The topological polar surface area (TPSA) is 66.4 Å². The Kier molecular flexibility index (Phi) is 3.16. The van der Waals surface area contributed by atoms with E-state index in [1.165, 1.54) is 0 Å². The maximum Gasteiger partial charge on any atom is 0.164 e. The molecule has 5 atom stereocenters. The fourth-order valence-electron chi connectivity index (χ4n) is 3.04. The molecule has 3 aliphatic rings. The Labute approximate surface area is 112 Å². The average Bonchev–Trinajstić information content (AvgIpc) is 2.89. The van der Waals surface area contributed by atoms with E-state index < -0.39 is 11.6 Å². The van der Waals surface area contributed by atoms with Gasteiger partial charge in [0, 0.05) is 0 Å². The summed E-state index contributed by atoms with van der Waals surface area (Å²) in [7, 11) is 0. The summed E-state index contributed by atoms with van der Waals surface area (Å²) in [4.78, 5) is 0. The zero-order valence-corrected chi connectivity index (χ0v) is 11.8. The van der Waals surface area contributed by atoms with Gasteiger partial charge in [0.25, 0.3) is 0 Å². The number of ether oxygens (including phenoxy) is 5. The van der Waals surface area contributed by atoms with Crippen LogP contribution in [0.1, 0.15) is 27.7 Å². The van der Waals surface area contributed by atoms with Gasteiger partial charge >= 0.3 is 0 Å². The van der Waals surface area contributed by atoms with Crippen LogP contribution in [0.3, 0.4) is 0 Å². The lowest BCUT2D eigenvalue weighted by Crippen LogP contribution is -2.40. The summed E-state index contributed by atoms with van der Waals surface area (Å²) in [5.74, 6) is -1.25. The lowest BCUT2D eigenvalue weighted by Gasteiger charge is -2.26. The van der Waals surface area contributed by atoms with Gasteiger partial charge in [-0.2, -0.15) is 0 Å². The Morgan fingerprint density at radius 2 is 1.63 bits per heavy atom. The van der Waals surface area contributed by atoms with Crippen LogP contribution < -0.4 is 0 Å². The first-order valence-corrected chi connectivity index (χ1v) is 6.75. The molecule has 0 saturated carbocycles. The zero-order valence-electron chi connectivity index (χ0n) is 11.8. The Hall–Kier alpha value is -0.240. The van der Waals surface area contributed by atoms with Crippen LogP contribution in [0, 0.1) is 0 Å². The van der Waals surface area contributed by atoms with Gasteiger partial charge in [0.1, 0.15) is 30.5 Å². The molecule has 19 heavy (non-hydrogen) atoms. The molecule has 0 bridgehead atoms. The summed E-state index contributed by atoms with van der Waals surface area (Å²) in [6.45, 7) is 7.86. The van der Waals surface area contributed by atoms with Gasteiger partial charge in [-0.05, 0) is 27.7 Å². The van der Waals surface area contributed by atoms with Crippen LogP contribution in [0.4, 0.5) is 0 Å². The van der Waals surface area contributed by atoms with Crippen LogP contribution in [0.5, 0.6) is 0 Å². The minimum Gasteiger partial charge on any atom is -0.394 e. The Bertz CT molecular complexity index is 355. The van der Waals surface area contributed by atoms with Crippen molar-refractivity contribution in [2.75, 3.05) is 13.2 Å². The Morgan fingerprint density at radius 1 is 0.947 bits per heavy atom. The van der Waals surface area contributed by atoms with Crippen molar-refractivity contribution in [3.8, 4) is 0 Å². The number of fused-ring (bicyclic) bond motifs is 1. The van der Waals surface area contributed by atoms with Crippen molar-refractivity contribution in [3.05, 3.63) is 0 Å². The Morgan fingerprint density at radius 3 is 2.21 bits per heavy atom. The number of aliphatic hydroxyl groups is 1. The van der Waals surface area contributed by atoms with E-state index in [-0.39, 0.29) is 37.1 Å². The molecular formula is C13H22O6. The molecule has 0 amide bonds. The summed E-state index contributed by atoms with van der Waals surface area (Å²) in [5, 5.41) is 9.41. The van der Waals surface area contributed by atoms with E-state index in [2.05, 4.69) is 0 Å². The maximum atomic E-state index is 9.41. The number of aliphatic hydroxyl groups excluding tert-OH is 1. The monoisotopic (exact) mass is 274 g/mol. The standard InChI is InChI=1S/C13H22O6/c1-12(2)15-6-8(17-12)9-11-10(7(5-14)16-9)18-13(3,4)19-11/h7-11,14H,5-6H2,1-4H3/t7-,8+,9+,10+,11-/m0/s1. The second-order valence-corrected chi connectivity index (χ2v) is 6.25. The van der Waals surface area contributed by atoms with E-state index in [9.17, 15) is 5.11 Å². The molecule has 3 fully saturated rings. The van der Waals surface area contributed by atoms with Gasteiger partial charge in [-0.1, -0.05) is 0 Å². The predicted octanol–water partition coefficient (Wildman–Crippen LogP) is 0.418. The molecule has 6 nitrogen and oxygen atoms in total. The molecule has 0 aromatic rings. The van der Waals surface area contributed by atoms with Crippen molar-refractivity contribution in [1.29, 1.82) is 0 Å². The lowest BCUT2D eigenvalue weighted by atomic mass is 10.0. The summed E-state index contributed by atoms with van der Waals surface area (Å²) < 4.78 is 29.0. The highest BCUT2D eigenvalue weighted by atomic mass is 16.8. The summed E-state index contributed by atoms with van der Waals surface area (Å²) in [6, 6.07) is 0. The second-order valence-electron chi connectivity index (χ2n) is 6.25. The van der Waals surface area contributed by atoms with Gasteiger partial charge in [-0.25, -0.2) is 0 Å². The van der Waals surface area contributed by atoms with Crippen LogP contribution in [0.25, 0.3) is 0 Å². The smallest absolute Gasteiger partial charge is 0.164 e. The van der Waals surface area contributed by atoms with Crippen LogP contribution in [-0.4, -0.2) is 60.4 Å². The normalized spacial score (nSPS) is 47.5. The van der Waals surface area contributed by atoms with Crippen molar-refractivity contribution in [3.63, 3.8) is 0 Å². The van der Waals surface area contributed by atoms with Crippen molar-refractivity contribution in [1.82, 2.24) is 0 Å². The molecule has 3 rings (SSSR count). The second kappa shape index (κ2) is 4.38. The average molecular weight is 274 g/mol. The third kappa shape index (κ3) is 2.41. The summed E-state index contributed by atoms with van der Waals surface area (Å²) >= 11 is 0. The first-order valence-electron chi connectivity index (χ1n) is 6.75. The van der Waals surface area contributed by atoms with Gasteiger partial charge in [0.15, 0.2) is 11.6 Å². The van der Waals surface area contributed by atoms with Crippen LogP contribution in [0.2, 0.25) is 0 Å². The number of rotatable bonds is 2. The number of hydrogen-bond acceptors (Lipinski definition) is 6. The zero-order chi connectivity index (χ0) is 13.8. The molecule has 3 saturated heterocycles. The molecule has 110 valence electrons. The summed E-state index contributed by atoms with van der Waals surface area (Å²) in [6.07, 6.45) is -1.32. The van der Waals surface area contributed by atoms with Crippen LogP contribution >= 0.6 is 0 Å². The van der Waals surface area contributed by atoms with Gasteiger partial charge in [-0.3, -0.25) is 0 Å². The van der Waals surface area contributed by atoms with Gasteiger partial charge in [0.05, 0.1) is 13.2 Å². The highest BCUT2D eigenvalue weighted by molar-refractivity contribution is 5.01. The lowest BCUT2D eigenvalue weighted by molar-refractivity contribution is -0.209. The van der Waals surface area contributed by atoms with Gasteiger partial charge < -0.3 is 28.8 Å². The molecule has 1 N–H and O–H groups in total. The molecule has 0 spiro atoms. The first-order chi connectivity index (χ1) is 8.81. The molecule has 0 unspecified atom stereocenters. The fraction of sp³-hybridized carbons (Fsp3) is 1.00. The molecule has 0 aromatic carbocycles. The molecule has 6 heteroatoms. The highest BCUT2D eigenvalue weighted by Gasteiger charge is 2.58. The van der Waals surface area contributed by atoms with Crippen molar-refractivity contribution in [2.45, 2.75) is 69.8 Å². The molecule has 0 radical (unpaired) electrons.